The highest BCUT2D eigenvalue weighted by atomic mass is 79.9. The van der Waals surface area contributed by atoms with Crippen molar-refractivity contribution in [3.8, 4) is 11.8 Å². The number of rotatable bonds is 3. The summed E-state index contributed by atoms with van der Waals surface area (Å²) in [7, 11) is 0. The number of halogens is 2. The van der Waals surface area contributed by atoms with Gasteiger partial charge in [-0.3, -0.25) is 4.79 Å². The molecule has 0 aliphatic heterocycles. The van der Waals surface area contributed by atoms with Crippen LogP contribution >= 0.6 is 31.9 Å². The number of nitriles is 1. The van der Waals surface area contributed by atoms with Gasteiger partial charge in [0, 0.05) is 5.69 Å². The lowest BCUT2D eigenvalue weighted by Crippen LogP contribution is -2.13. The molecule has 0 saturated heterocycles. The number of phenolic OH excluding ortho intramolecular Hbond substituents is 1. The first-order valence-corrected chi connectivity index (χ1v) is 8.17. The highest BCUT2D eigenvalue weighted by Gasteiger charge is 2.11. The van der Waals surface area contributed by atoms with Gasteiger partial charge < -0.3 is 10.4 Å². The van der Waals surface area contributed by atoms with Crippen LogP contribution in [0.5, 0.6) is 5.75 Å². The van der Waals surface area contributed by atoms with Crippen molar-refractivity contribution in [2.45, 2.75) is 6.92 Å². The minimum absolute atomic E-state index is 0.0315. The largest absolute Gasteiger partial charge is 0.506 e. The molecule has 0 heterocycles. The van der Waals surface area contributed by atoms with E-state index in [1.54, 1.807) is 18.2 Å². The quantitative estimate of drug-likeness (QED) is 0.538. The van der Waals surface area contributed by atoms with E-state index in [1.165, 1.54) is 6.08 Å². The van der Waals surface area contributed by atoms with Gasteiger partial charge >= 0.3 is 0 Å². The van der Waals surface area contributed by atoms with Gasteiger partial charge in [0.25, 0.3) is 5.91 Å². The number of carbonyl (C=O) groups is 1. The van der Waals surface area contributed by atoms with Crippen molar-refractivity contribution in [3.05, 3.63) is 62.0 Å². The lowest BCUT2D eigenvalue weighted by molar-refractivity contribution is -0.112. The molecule has 2 aromatic carbocycles. The lowest BCUT2D eigenvalue weighted by atomic mass is 10.1. The van der Waals surface area contributed by atoms with E-state index in [0.717, 1.165) is 5.56 Å². The van der Waals surface area contributed by atoms with Crippen LogP contribution in [0.15, 0.2) is 50.9 Å². The number of phenols is 1. The minimum Gasteiger partial charge on any atom is -0.506 e. The maximum atomic E-state index is 12.2. The van der Waals surface area contributed by atoms with E-state index >= 15 is 0 Å². The molecule has 2 rings (SSSR count). The van der Waals surface area contributed by atoms with Crippen LogP contribution in [0.25, 0.3) is 6.08 Å². The number of nitrogens with zero attached hydrogens (tertiary/aromatic N) is 1. The van der Waals surface area contributed by atoms with Crippen molar-refractivity contribution in [2.75, 3.05) is 5.32 Å². The molecular weight excluding hydrogens is 424 g/mol. The molecule has 0 bridgehead atoms. The van der Waals surface area contributed by atoms with Crippen LogP contribution in [0.2, 0.25) is 0 Å². The van der Waals surface area contributed by atoms with Gasteiger partial charge in [-0.1, -0.05) is 12.1 Å². The number of carbonyl (C=O) groups excluding carboxylic acids is 1. The van der Waals surface area contributed by atoms with Gasteiger partial charge in [-0.15, -0.1) is 0 Å². The molecule has 116 valence electrons. The first-order valence-electron chi connectivity index (χ1n) is 6.58. The fraction of sp³-hybridized carbons (Fsp3) is 0.0588. The summed E-state index contributed by atoms with van der Waals surface area (Å²) < 4.78 is 0.934. The maximum Gasteiger partial charge on any atom is 0.266 e. The van der Waals surface area contributed by atoms with E-state index in [-0.39, 0.29) is 11.3 Å². The normalized spacial score (nSPS) is 11.0. The Morgan fingerprint density at radius 1 is 1.26 bits per heavy atom. The molecular formula is C17H12Br2N2O2. The van der Waals surface area contributed by atoms with E-state index in [4.69, 9.17) is 0 Å². The van der Waals surface area contributed by atoms with Crippen molar-refractivity contribution in [1.82, 2.24) is 0 Å². The number of aryl methyl sites for hydroxylation is 1. The predicted octanol–water partition coefficient (Wildman–Crippen LogP) is 4.77. The summed E-state index contributed by atoms with van der Waals surface area (Å²) in [4.78, 5) is 12.2. The van der Waals surface area contributed by atoms with Crippen LogP contribution in [-0.4, -0.2) is 11.0 Å². The molecule has 0 saturated carbocycles. The number of aromatic hydroxyl groups is 1. The topological polar surface area (TPSA) is 73.1 Å². The Bertz CT molecular complexity index is 816. The SMILES string of the molecule is Cc1cccc(NC(=O)/C(C#N)=C/c2cc(Br)c(O)c(Br)c2)c1. The lowest BCUT2D eigenvalue weighted by Gasteiger charge is -2.06. The fourth-order valence-corrected chi connectivity index (χ4v) is 3.13. The summed E-state index contributed by atoms with van der Waals surface area (Å²) in [6, 6.07) is 12.5. The average Bonchev–Trinajstić information content (AvgIpc) is 2.50. The van der Waals surface area contributed by atoms with Gasteiger partial charge in [0.1, 0.15) is 17.4 Å². The van der Waals surface area contributed by atoms with E-state index in [0.29, 0.717) is 20.2 Å². The standard InChI is InChI=1S/C17H12Br2N2O2/c1-10-3-2-4-13(5-10)21-17(23)12(9-20)6-11-7-14(18)16(22)15(19)8-11/h2-8,22H,1H3,(H,21,23)/b12-6+. The van der Waals surface area contributed by atoms with Gasteiger partial charge in [0.2, 0.25) is 0 Å². The predicted molar refractivity (Wildman–Crippen MR) is 96.9 cm³/mol. The van der Waals surface area contributed by atoms with Crippen molar-refractivity contribution in [3.63, 3.8) is 0 Å². The van der Waals surface area contributed by atoms with Crippen LogP contribution < -0.4 is 5.32 Å². The second-order valence-electron chi connectivity index (χ2n) is 4.83. The Morgan fingerprint density at radius 3 is 2.48 bits per heavy atom. The first kappa shape index (κ1) is 17.3. The number of hydrogen-bond acceptors (Lipinski definition) is 3. The highest BCUT2D eigenvalue weighted by Crippen LogP contribution is 2.34. The molecule has 0 aliphatic rings. The third-order valence-corrected chi connectivity index (χ3v) is 4.20. The van der Waals surface area contributed by atoms with Gasteiger partial charge in [-0.05, 0) is 80.3 Å². The molecule has 0 aromatic heterocycles. The number of benzene rings is 2. The van der Waals surface area contributed by atoms with E-state index < -0.39 is 5.91 Å². The fourth-order valence-electron chi connectivity index (χ4n) is 1.90. The highest BCUT2D eigenvalue weighted by molar-refractivity contribution is 9.11. The Morgan fingerprint density at radius 2 is 1.91 bits per heavy atom. The Balaban J connectivity index is 2.28. The Kier molecular flexibility index (Phi) is 5.59. The first-order chi connectivity index (χ1) is 10.9. The summed E-state index contributed by atoms with van der Waals surface area (Å²) in [6.07, 6.45) is 1.46. The number of amides is 1. The molecule has 0 fully saturated rings. The molecule has 1 amide bonds. The zero-order chi connectivity index (χ0) is 17.0. The minimum atomic E-state index is -0.488. The molecule has 2 N–H and O–H groups in total. The third kappa shape index (κ3) is 4.44. The Labute approximate surface area is 150 Å². The van der Waals surface area contributed by atoms with Crippen molar-refractivity contribution < 1.29 is 9.90 Å². The molecule has 4 nitrogen and oxygen atoms in total. The van der Waals surface area contributed by atoms with Gasteiger partial charge in [-0.2, -0.15) is 5.26 Å². The van der Waals surface area contributed by atoms with Crippen molar-refractivity contribution in [2.24, 2.45) is 0 Å². The molecule has 0 atom stereocenters. The number of nitrogens with one attached hydrogen (secondary N) is 1. The second kappa shape index (κ2) is 7.44. The van der Waals surface area contributed by atoms with Crippen LogP contribution in [0.1, 0.15) is 11.1 Å². The van der Waals surface area contributed by atoms with Crippen LogP contribution in [0, 0.1) is 18.3 Å². The molecule has 0 unspecified atom stereocenters. The zero-order valence-electron chi connectivity index (χ0n) is 12.1. The van der Waals surface area contributed by atoms with E-state index in [1.807, 2.05) is 31.2 Å². The molecule has 0 radical (unpaired) electrons. The van der Waals surface area contributed by atoms with Crippen molar-refractivity contribution >= 4 is 49.5 Å². The maximum absolute atomic E-state index is 12.2. The third-order valence-electron chi connectivity index (χ3n) is 2.99. The van der Waals surface area contributed by atoms with E-state index in [9.17, 15) is 15.2 Å². The monoisotopic (exact) mass is 434 g/mol. The van der Waals surface area contributed by atoms with Gasteiger partial charge in [-0.25, -0.2) is 0 Å². The molecule has 23 heavy (non-hydrogen) atoms. The Hall–Kier alpha value is -2.10. The summed E-state index contributed by atoms with van der Waals surface area (Å²) in [5, 5.41) is 21.6. The summed E-state index contributed by atoms with van der Waals surface area (Å²) in [5.74, 6) is -0.428. The van der Waals surface area contributed by atoms with Gasteiger partial charge in [0.05, 0.1) is 8.95 Å². The van der Waals surface area contributed by atoms with Crippen LogP contribution in [0.4, 0.5) is 5.69 Å². The molecule has 2 aromatic rings. The molecule has 0 aliphatic carbocycles. The molecule has 6 heteroatoms. The van der Waals surface area contributed by atoms with Crippen molar-refractivity contribution in [1.29, 1.82) is 5.26 Å². The second-order valence-corrected chi connectivity index (χ2v) is 6.54. The summed E-state index contributed by atoms with van der Waals surface area (Å²) in [5.41, 5.74) is 2.22. The van der Waals surface area contributed by atoms with E-state index in [2.05, 4.69) is 37.2 Å². The molecule has 0 spiro atoms. The smallest absolute Gasteiger partial charge is 0.266 e. The summed E-state index contributed by atoms with van der Waals surface area (Å²) in [6.45, 7) is 1.92. The average molecular weight is 436 g/mol. The van der Waals surface area contributed by atoms with Gasteiger partial charge in [0.15, 0.2) is 0 Å². The summed E-state index contributed by atoms with van der Waals surface area (Å²) >= 11 is 6.43. The van der Waals surface area contributed by atoms with Crippen LogP contribution in [0.3, 0.4) is 0 Å². The van der Waals surface area contributed by atoms with Crippen LogP contribution in [-0.2, 0) is 4.79 Å². The number of hydrogen-bond donors (Lipinski definition) is 2. The number of anilines is 1. The zero-order valence-corrected chi connectivity index (χ0v) is 15.3.